The van der Waals surface area contributed by atoms with Crippen molar-refractivity contribution >= 4 is 23.1 Å². The van der Waals surface area contributed by atoms with Gasteiger partial charge >= 0.3 is 0 Å². The number of carbonyl (C=O) groups is 1. The van der Waals surface area contributed by atoms with Crippen LogP contribution in [0.5, 0.6) is 0 Å². The van der Waals surface area contributed by atoms with E-state index in [-0.39, 0.29) is 5.91 Å². The molecule has 0 radical (unpaired) electrons. The number of rotatable bonds is 6. The normalized spacial score (nSPS) is 10.3. The number of aromatic nitrogens is 2. The number of thiazole rings is 1. The molecule has 0 aliphatic carbocycles. The van der Waals surface area contributed by atoms with Gasteiger partial charge < -0.3 is 10.6 Å². The Kier molecular flexibility index (Phi) is 5.06. The molecule has 2 rings (SSSR count). The zero-order chi connectivity index (χ0) is 14.4. The van der Waals surface area contributed by atoms with Gasteiger partial charge in [-0.2, -0.15) is 0 Å². The number of hydrogen-bond donors (Lipinski definition) is 2. The first-order chi connectivity index (χ1) is 9.69. The fourth-order valence-corrected chi connectivity index (χ4v) is 2.43. The first kappa shape index (κ1) is 14.5. The van der Waals surface area contributed by atoms with Crippen molar-refractivity contribution in [1.82, 2.24) is 15.3 Å². The predicted molar refractivity (Wildman–Crippen MR) is 81.3 cm³/mol. The van der Waals surface area contributed by atoms with Gasteiger partial charge in [-0.3, -0.25) is 4.79 Å². The molecular weight excluding hydrogens is 272 g/mol. The molecule has 20 heavy (non-hydrogen) atoms. The molecule has 0 saturated carbocycles. The van der Waals surface area contributed by atoms with Crippen LogP contribution < -0.4 is 10.6 Å². The molecule has 1 amide bonds. The smallest absolute Gasteiger partial charge is 0.251 e. The average molecular weight is 290 g/mol. The number of nitrogens with one attached hydrogen (secondary N) is 2. The van der Waals surface area contributed by atoms with Crippen molar-refractivity contribution in [2.45, 2.75) is 20.3 Å². The molecule has 106 valence electrons. The van der Waals surface area contributed by atoms with Crippen LogP contribution in [0.3, 0.4) is 0 Å². The van der Waals surface area contributed by atoms with Gasteiger partial charge in [0, 0.05) is 36.1 Å². The van der Waals surface area contributed by atoms with Crippen LogP contribution >= 0.6 is 11.3 Å². The Bertz CT molecular complexity index is 569. The van der Waals surface area contributed by atoms with Crippen LogP contribution in [0, 0.1) is 6.92 Å². The molecule has 2 heterocycles. The van der Waals surface area contributed by atoms with Gasteiger partial charge in [-0.25, -0.2) is 9.97 Å². The van der Waals surface area contributed by atoms with Crippen molar-refractivity contribution in [2.24, 2.45) is 0 Å². The Morgan fingerprint density at radius 3 is 2.95 bits per heavy atom. The average Bonchev–Trinajstić information content (AvgIpc) is 2.91. The van der Waals surface area contributed by atoms with Gasteiger partial charge in [-0.05, 0) is 26.0 Å². The number of pyridine rings is 1. The first-order valence-electron chi connectivity index (χ1n) is 6.57. The van der Waals surface area contributed by atoms with E-state index in [0.29, 0.717) is 12.1 Å². The largest absolute Gasteiger partial charge is 0.370 e. The molecule has 0 aromatic carbocycles. The van der Waals surface area contributed by atoms with E-state index in [4.69, 9.17) is 0 Å². The molecule has 0 aliphatic heterocycles. The third-order valence-corrected chi connectivity index (χ3v) is 3.36. The molecule has 0 aliphatic rings. The Morgan fingerprint density at radius 1 is 1.40 bits per heavy atom. The summed E-state index contributed by atoms with van der Waals surface area (Å²) in [7, 11) is 0. The van der Waals surface area contributed by atoms with Gasteiger partial charge in [-0.1, -0.05) is 0 Å². The Hall–Kier alpha value is -1.95. The summed E-state index contributed by atoms with van der Waals surface area (Å²) >= 11 is 1.56. The van der Waals surface area contributed by atoms with E-state index < -0.39 is 0 Å². The zero-order valence-electron chi connectivity index (χ0n) is 11.6. The lowest BCUT2D eigenvalue weighted by Gasteiger charge is -2.08. The number of aryl methyl sites for hydroxylation is 1. The predicted octanol–water partition coefficient (Wildman–Crippen LogP) is 2.25. The van der Waals surface area contributed by atoms with E-state index in [1.165, 1.54) is 0 Å². The number of amides is 1. The van der Waals surface area contributed by atoms with Gasteiger partial charge in [0.1, 0.15) is 5.82 Å². The minimum absolute atomic E-state index is 0.0788. The molecule has 0 bridgehead atoms. The monoisotopic (exact) mass is 290 g/mol. The molecule has 0 atom stereocenters. The van der Waals surface area contributed by atoms with Gasteiger partial charge in [0.05, 0.1) is 11.2 Å². The number of carbonyl (C=O) groups excluding carboxylic acids is 1. The fraction of sp³-hybridized carbons (Fsp3) is 0.357. The minimum atomic E-state index is -0.0788. The molecule has 0 spiro atoms. The van der Waals surface area contributed by atoms with Gasteiger partial charge in [0.2, 0.25) is 0 Å². The summed E-state index contributed by atoms with van der Waals surface area (Å²) in [5.74, 6) is 0.655. The summed E-state index contributed by atoms with van der Waals surface area (Å²) in [5.41, 5.74) is 4.26. The van der Waals surface area contributed by atoms with E-state index in [1.807, 2.05) is 19.2 Å². The molecule has 0 saturated heterocycles. The van der Waals surface area contributed by atoms with Gasteiger partial charge in [-0.15, -0.1) is 11.3 Å². The SMILES string of the molecule is CCNc1cc(C(=O)NCCc2cscn2)cc(C)n1. The summed E-state index contributed by atoms with van der Waals surface area (Å²) in [6.45, 7) is 5.24. The van der Waals surface area contributed by atoms with Crippen molar-refractivity contribution in [1.29, 1.82) is 0 Å². The molecule has 0 fully saturated rings. The van der Waals surface area contributed by atoms with Crippen LogP contribution in [0.15, 0.2) is 23.0 Å². The summed E-state index contributed by atoms with van der Waals surface area (Å²) in [6.07, 6.45) is 0.749. The number of hydrogen-bond acceptors (Lipinski definition) is 5. The highest BCUT2D eigenvalue weighted by Crippen LogP contribution is 2.10. The molecule has 2 aromatic rings. The highest BCUT2D eigenvalue weighted by molar-refractivity contribution is 7.07. The van der Waals surface area contributed by atoms with Crippen LogP contribution in [0.1, 0.15) is 28.7 Å². The highest BCUT2D eigenvalue weighted by Gasteiger charge is 2.08. The molecule has 0 unspecified atom stereocenters. The number of nitrogens with zero attached hydrogens (tertiary/aromatic N) is 2. The van der Waals surface area contributed by atoms with Crippen molar-refractivity contribution < 1.29 is 4.79 Å². The van der Waals surface area contributed by atoms with Crippen molar-refractivity contribution in [3.8, 4) is 0 Å². The van der Waals surface area contributed by atoms with Crippen LogP contribution in [0.25, 0.3) is 0 Å². The first-order valence-corrected chi connectivity index (χ1v) is 7.51. The zero-order valence-corrected chi connectivity index (χ0v) is 12.5. The Morgan fingerprint density at radius 2 is 2.25 bits per heavy atom. The van der Waals surface area contributed by atoms with Crippen molar-refractivity contribution in [3.63, 3.8) is 0 Å². The standard InChI is InChI=1S/C14H18N4OS/c1-3-15-13-7-11(6-10(2)18-13)14(19)16-5-4-12-8-20-9-17-12/h6-9H,3-5H2,1-2H3,(H,15,18)(H,16,19). The van der Waals surface area contributed by atoms with Crippen LogP contribution in [-0.2, 0) is 6.42 Å². The van der Waals surface area contributed by atoms with Crippen molar-refractivity contribution in [2.75, 3.05) is 18.4 Å². The van der Waals surface area contributed by atoms with E-state index in [0.717, 1.165) is 30.2 Å². The minimum Gasteiger partial charge on any atom is -0.370 e. The fourth-order valence-electron chi connectivity index (χ4n) is 1.84. The quantitative estimate of drug-likeness (QED) is 0.856. The highest BCUT2D eigenvalue weighted by atomic mass is 32.1. The topological polar surface area (TPSA) is 66.9 Å². The van der Waals surface area contributed by atoms with E-state index in [2.05, 4.69) is 20.6 Å². The second-order valence-corrected chi connectivity index (χ2v) is 5.12. The molecule has 5 nitrogen and oxygen atoms in total. The lowest BCUT2D eigenvalue weighted by molar-refractivity contribution is 0.0954. The maximum absolute atomic E-state index is 12.1. The summed E-state index contributed by atoms with van der Waals surface area (Å²) in [4.78, 5) is 20.6. The third kappa shape index (κ3) is 4.03. The maximum Gasteiger partial charge on any atom is 0.251 e. The lowest BCUT2D eigenvalue weighted by Crippen LogP contribution is -2.26. The maximum atomic E-state index is 12.1. The Balaban J connectivity index is 1.94. The van der Waals surface area contributed by atoms with E-state index in [9.17, 15) is 4.79 Å². The molecular formula is C14H18N4OS. The van der Waals surface area contributed by atoms with Crippen LogP contribution in [0.2, 0.25) is 0 Å². The lowest BCUT2D eigenvalue weighted by atomic mass is 10.2. The molecule has 6 heteroatoms. The van der Waals surface area contributed by atoms with E-state index >= 15 is 0 Å². The Labute approximate surface area is 122 Å². The van der Waals surface area contributed by atoms with Gasteiger partial charge in [0.25, 0.3) is 5.91 Å². The third-order valence-electron chi connectivity index (χ3n) is 2.72. The number of anilines is 1. The molecule has 2 aromatic heterocycles. The second kappa shape index (κ2) is 7.00. The summed E-state index contributed by atoms with van der Waals surface area (Å²) in [5, 5.41) is 8.02. The summed E-state index contributed by atoms with van der Waals surface area (Å²) in [6, 6.07) is 3.56. The van der Waals surface area contributed by atoms with Crippen molar-refractivity contribution in [3.05, 3.63) is 40.0 Å². The van der Waals surface area contributed by atoms with Crippen LogP contribution in [0.4, 0.5) is 5.82 Å². The van der Waals surface area contributed by atoms with Gasteiger partial charge in [0.15, 0.2) is 0 Å². The summed E-state index contributed by atoms with van der Waals surface area (Å²) < 4.78 is 0. The van der Waals surface area contributed by atoms with Crippen LogP contribution in [-0.4, -0.2) is 29.0 Å². The molecule has 2 N–H and O–H groups in total. The second-order valence-electron chi connectivity index (χ2n) is 4.40. The van der Waals surface area contributed by atoms with E-state index in [1.54, 1.807) is 29.0 Å².